The Morgan fingerprint density at radius 1 is 1.14 bits per heavy atom. The fourth-order valence-electron chi connectivity index (χ4n) is 4.12. The number of nitrogen functional groups attached to an aromatic ring is 1. The Morgan fingerprint density at radius 2 is 1.78 bits per heavy atom. The van der Waals surface area contributed by atoms with E-state index in [9.17, 15) is 30.4 Å². The first kappa shape index (κ1) is 26.6. The van der Waals surface area contributed by atoms with Crippen molar-refractivity contribution >= 4 is 32.5 Å². The van der Waals surface area contributed by atoms with E-state index in [0.717, 1.165) is 12.1 Å². The van der Waals surface area contributed by atoms with Gasteiger partial charge in [-0.25, -0.2) is 18.7 Å². The van der Waals surface area contributed by atoms with Gasteiger partial charge < -0.3 is 20.0 Å². The maximum atomic E-state index is 13.3. The second-order valence-corrected chi connectivity index (χ2v) is 10.9. The van der Waals surface area contributed by atoms with Crippen LogP contribution in [0.1, 0.15) is 55.8 Å². The number of rotatable bonds is 6. The van der Waals surface area contributed by atoms with Gasteiger partial charge in [0.1, 0.15) is 17.2 Å². The first-order chi connectivity index (χ1) is 17.0. The molecule has 3 N–H and O–H groups in total. The van der Waals surface area contributed by atoms with Gasteiger partial charge in [0, 0.05) is 28.6 Å². The fourth-order valence-corrected chi connectivity index (χ4v) is 4.57. The molecule has 0 aliphatic carbocycles. The summed E-state index contributed by atoms with van der Waals surface area (Å²) in [6, 6.07) is 4.34. The lowest BCUT2D eigenvalue weighted by Crippen LogP contribution is -2.28. The molecule has 1 aliphatic rings. The number of hydrogen-bond acceptors (Lipinski definition) is 8. The van der Waals surface area contributed by atoms with Crippen molar-refractivity contribution in [2.45, 2.75) is 57.7 Å². The topological polar surface area (TPSA) is 116 Å². The van der Waals surface area contributed by atoms with Crippen molar-refractivity contribution in [2.75, 3.05) is 11.1 Å². The van der Waals surface area contributed by atoms with E-state index < -0.39 is 39.4 Å². The van der Waals surface area contributed by atoms with Gasteiger partial charge in [0.2, 0.25) is 0 Å². The third-order valence-corrected chi connectivity index (χ3v) is 6.65. The van der Waals surface area contributed by atoms with Crippen LogP contribution in [0.4, 0.5) is 33.5 Å². The van der Waals surface area contributed by atoms with Gasteiger partial charge in [0.15, 0.2) is 11.5 Å². The summed E-state index contributed by atoms with van der Waals surface area (Å²) in [5.41, 5.74) is 0.136. The van der Waals surface area contributed by atoms with E-state index in [4.69, 9.17) is 10.5 Å². The lowest BCUT2D eigenvalue weighted by molar-refractivity contribution is -0.0500. The first-order valence-electron chi connectivity index (χ1n) is 11.0. The molecular formula is C23H23F5N4O4S. The molecule has 0 unspecified atom stereocenters. The second-order valence-electron chi connectivity index (χ2n) is 9.32. The minimum absolute atomic E-state index is 0.121. The molecule has 4 rings (SSSR count). The Kier molecular flexibility index (Phi) is 6.37. The minimum Gasteiger partial charge on any atom is -0.483 e. The third-order valence-electron chi connectivity index (χ3n) is 5.69. The van der Waals surface area contributed by atoms with Gasteiger partial charge in [-0.3, -0.25) is 0 Å². The molecule has 0 fully saturated rings. The van der Waals surface area contributed by atoms with Crippen molar-refractivity contribution < 1.29 is 39.3 Å². The van der Waals surface area contributed by atoms with Gasteiger partial charge in [0.05, 0.1) is 11.6 Å². The number of halogens is 5. The summed E-state index contributed by atoms with van der Waals surface area (Å²) in [7, 11) is -6.01. The average molecular weight is 547 g/mol. The highest BCUT2D eigenvalue weighted by atomic mass is 32.2. The number of nitrogens with zero attached hydrogens (tertiary/aromatic N) is 2. The smallest absolute Gasteiger partial charge is 0.483 e. The third kappa shape index (κ3) is 5.20. The normalized spacial score (nSPS) is 15.9. The van der Waals surface area contributed by atoms with Crippen molar-refractivity contribution in [3.8, 4) is 11.5 Å². The van der Waals surface area contributed by atoms with Crippen molar-refractivity contribution in [1.82, 2.24) is 9.97 Å². The monoisotopic (exact) mass is 546 g/mol. The molecule has 0 amide bonds. The van der Waals surface area contributed by atoms with Crippen LogP contribution in [-0.2, 0) is 16.5 Å². The molecule has 2 heterocycles. The number of anilines is 2. The summed E-state index contributed by atoms with van der Waals surface area (Å²) in [5.74, 6) is -0.415. The predicted molar refractivity (Wildman–Crippen MR) is 126 cm³/mol. The van der Waals surface area contributed by atoms with E-state index in [-0.39, 0.29) is 34.6 Å². The summed E-state index contributed by atoms with van der Waals surface area (Å²) in [6.45, 7) is 6.60. The molecule has 0 bridgehead atoms. The summed E-state index contributed by atoms with van der Waals surface area (Å²) in [6.07, 6.45) is -2.56. The van der Waals surface area contributed by atoms with Gasteiger partial charge in [-0.2, -0.15) is 21.6 Å². The van der Waals surface area contributed by atoms with Gasteiger partial charge in [-0.1, -0.05) is 0 Å². The molecule has 0 saturated carbocycles. The van der Waals surface area contributed by atoms with E-state index in [0.29, 0.717) is 22.5 Å². The number of aryl methyl sites for hydroxylation is 1. The predicted octanol–water partition coefficient (Wildman–Crippen LogP) is 5.57. The summed E-state index contributed by atoms with van der Waals surface area (Å²) < 4.78 is 99.7. The van der Waals surface area contributed by atoms with Crippen LogP contribution < -0.4 is 20.0 Å². The molecule has 3 aromatic rings. The summed E-state index contributed by atoms with van der Waals surface area (Å²) in [5, 5.41) is 3.20. The van der Waals surface area contributed by atoms with E-state index in [1.54, 1.807) is 27.7 Å². The molecule has 37 heavy (non-hydrogen) atoms. The van der Waals surface area contributed by atoms with Crippen LogP contribution in [0.3, 0.4) is 0 Å². The summed E-state index contributed by atoms with van der Waals surface area (Å²) >= 11 is 0. The standard InChI is InChI=1S/C23H23F5N4O4S/c1-10(12-5-13(20(24)25)7-14(29)6-12)30-21-15-8-17(36-37(33,34)23(26,27)28)19-16(9-22(3,4)35-19)18(15)31-11(2)32-21/h5-8,10,20H,9,29H2,1-4H3,(H,30,31,32)/t10-/m1/s1. The quantitative estimate of drug-likeness (QED) is 0.178. The highest BCUT2D eigenvalue weighted by Crippen LogP contribution is 2.48. The maximum absolute atomic E-state index is 13.3. The zero-order valence-electron chi connectivity index (χ0n) is 20.1. The molecule has 0 spiro atoms. The Morgan fingerprint density at radius 3 is 2.41 bits per heavy atom. The first-order valence-corrected chi connectivity index (χ1v) is 12.4. The van der Waals surface area contributed by atoms with Crippen molar-refractivity contribution in [3.05, 3.63) is 46.8 Å². The molecule has 0 radical (unpaired) electrons. The van der Waals surface area contributed by atoms with Crippen molar-refractivity contribution in [1.29, 1.82) is 0 Å². The van der Waals surface area contributed by atoms with E-state index in [2.05, 4.69) is 19.5 Å². The van der Waals surface area contributed by atoms with Crippen LogP contribution in [-0.4, -0.2) is 29.5 Å². The summed E-state index contributed by atoms with van der Waals surface area (Å²) in [4.78, 5) is 8.74. The lowest BCUT2D eigenvalue weighted by atomic mass is 9.99. The van der Waals surface area contributed by atoms with Gasteiger partial charge in [-0.05, 0) is 57.5 Å². The zero-order valence-corrected chi connectivity index (χ0v) is 20.9. The molecule has 8 nitrogen and oxygen atoms in total. The van der Waals surface area contributed by atoms with Gasteiger partial charge in [-0.15, -0.1) is 0 Å². The number of hydrogen-bond donors (Lipinski definition) is 2. The van der Waals surface area contributed by atoms with Crippen LogP contribution in [0, 0.1) is 6.92 Å². The molecule has 2 aromatic carbocycles. The number of nitrogens with one attached hydrogen (secondary N) is 1. The van der Waals surface area contributed by atoms with E-state index in [1.165, 1.54) is 12.1 Å². The Hall–Kier alpha value is -3.42. The lowest BCUT2D eigenvalue weighted by Gasteiger charge is -2.20. The highest BCUT2D eigenvalue weighted by molar-refractivity contribution is 7.88. The number of ether oxygens (including phenoxy) is 1. The van der Waals surface area contributed by atoms with E-state index in [1.807, 2.05) is 0 Å². The molecule has 1 aromatic heterocycles. The average Bonchev–Trinajstić information content (AvgIpc) is 3.08. The van der Waals surface area contributed by atoms with Gasteiger partial charge >= 0.3 is 15.6 Å². The van der Waals surface area contributed by atoms with Crippen LogP contribution in [0.5, 0.6) is 11.5 Å². The zero-order chi connectivity index (χ0) is 27.5. The molecule has 0 saturated heterocycles. The van der Waals surface area contributed by atoms with Crippen LogP contribution in [0.2, 0.25) is 0 Å². The van der Waals surface area contributed by atoms with E-state index >= 15 is 0 Å². The van der Waals surface area contributed by atoms with Gasteiger partial charge in [0.25, 0.3) is 6.43 Å². The molecule has 14 heteroatoms. The number of fused-ring (bicyclic) bond motifs is 3. The van der Waals surface area contributed by atoms with Crippen LogP contribution >= 0.6 is 0 Å². The minimum atomic E-state index is -6.01. The SMILES string of the molecule is Cc1nc(N[C@H](C)c2cc(N)cc(C(F)F)c2)c2cc(OS(=O)(=O)C(F)(F)F)c3c(c2n1)CC(C)(C)O3. The Labute approximate surface area is 209 Å². The van der Waals surface area contributed by atoms with Crippen LogP contribution in [0.25, 0.3) is 10.9 Å². The number of aromatic nitrogens is 2. The number of benzene rings is 2. The Balaban J connectivity index is 1.87. The largest absolute Gasteiger partial charge is 0.534 e. The van der Waals surface area contributed by atoms with Crippen molar-refractivity contribution in [2.24, 2.45) is 0 Å². The van der Waals surface area contributed by atoms with Crippen molar-refractivity contribution in [3.63, 3.8) is 0 Å². The second kappa shape index (κ2) is 8.85. The number of nitrogens with two attached hydrogens (primary N) is 1. The number of alkyl halides is 5. The molecule has 1 atom stereocenters. The maximum Gasteiger partial charge on any atom is 0.534 e. The molecular weight excluding hydrogens is 523 g/mol. The Bertz CT molecular complexity index is 1490. The molecule has 1 aliphatic heterocycles. The highest BCUT2D eigenvalue weighted by Gasteiger charge is 2.49. The fraction of sp³-hybridized carbons (Fsp3) is 0.391. The molecule has 200 valence electrons. The van der Waals surface area contributed by atoms with Crippen LogP contribution in [0.15, 0.2) is 24.3 Å².